The van der Waals surface area contributed by atoms with Crippen molar-refractivity contribution in [2.24, 2.45) is 0 Å². The molecule has 2 N–H and O–H groups in total. The van der Waals surface area contributed by atoms with Gasteiger partial charge in [-0.1, -0.05) is 13.3 Å². The highest BCUT2D eigenvalue weighted by atomic mass is 19.1. The highest BCUT2D eigenvalue weighted by Gasteiger charge is 2.13. The Morgan fingerprint density at radius 2 is 2.40 bits per heavy atom. The van der Waals surface area contributed by atoms with Crippen LogP contribution in [0.3, 0.4) is 0 Å². The number of nitrogens with zero attached hydrogens (tertiary/aromatic N) is 2. The quantitative estimate of drug-likeness (QED) is 0.772. The van der Waals surface area contributed by atoms with Crippen LogP contribution >= 0.6 is 0 Å². The van der Waals surface area contributed by atoms with Gasteiger partial charge in [0.05, 0.1) is 5.69 Å². The minimum atomic E-state index is -1.21. The van der Waals surface area contributed by atoms with Crippen molar-refractivity contribution in [1.82, 2.24) is 14.6 Å². The molecule has 2 aromatic heterocycles. The van der Waals surface area contributed by atoms with Crippen molar-refractivity contribution in [2.75, 3.05) is 0 Å². The van der Waals surface area contributed by atoms with Crippen molar-refractivity contribution >= 4 is 5.65 Å². The Labute approximate surface area is 84.2 Å². The Morgan fingerprint density at radius 3 is 3.07 bits per heavy atom. The first-order valence-corrected chi connectivity index (χ1v) is 4.63. The summed E-state index contributed by atoms with van der Waals surface area (Å²) in [5, 5.41) is 13.3. The molecule has 0 atom stereocenters. The van der Waals surface area contributed by atoms with Crippen LogP contribution < -0.4 is 5.56 Å². The summed E-state index contributed by atoms with van der Waals surface area (Å²) in [5.74, 6) is -1.97. The average Bonchev–Trinajstić information content (AvgIpc) is 2.58. The summed E-state index contributed by atoms with van der Waals surface area (Å²) in [6.45, 7) is 1.98. The Balaban J connectivity index is 2.71. The number of hydrogen-bond donors (Lipinski definition) is 2. The van der Waals surface area contributed by atoms with Crippen molar-refractivity contribution in [3.63, 3.8) is 0 Å². The topological polar surface area (TPSA) is 70.4 Å². The van der Waals surface area contributed by atoms with E-state index >= 15 is 0 Å². The van der Waals surface area contributed by atoms with Crippen LogP contribution in [-0.4, -0.2) is 19.7 Å². The van der Waals surface area contributed by atoms with Gasteiger partial charge in [-0.15, -0.1) is 0 Å². The van der Waals surface area contributed by atoms with Crippen LogP contribution in [0.5, 0.6) is 5.88 Å². The van der Waals surface area contributed by atoms with Crippen LogP contribution in [0.15, 0.2) is 10.9 Å². The van der Waals surface area contributed by atoms with Crippen LogP contribution in [0.4, 0.5) is 4.39 Å². The molecule has 0 saturated carbocycles. The van der Waals surface area contributed by atoms with Gasteiger partial charge in [-0.3, -0.25) is 4.79 Å². The summed E-state index contributed by atoms with van der Waals surface area (Å²) >= 11 is 0. The van der Waals surface area contributed by atoms with Crippen LogP contribution in [0.25, 0.3) is 5.65 Å². The van der Waals surface area contributed by atoms with E-state index in [0.29, 0.717) is 17.8 Å². The van der Waals surface area contributed by atoms with E-state index in [2.05, 4.69) is 10.1 Å². The predicted octanol–water partition coefficient (Wildman–Crippen LogP) is 0.820. The number of hydrogen-bond acceptors (Lipinski definition) is 3. The zero-order valence-corrected chi connectivity index (χ0v) is 8.12. The average molecular weight is 211 g/mol. The van der Waals surface area contributed by atoms with Crippen molar-refractivity contribution in [3.8, 4) is 5.88 Å². The normalized spacial score (nSPS) is 11.1. The number of aromatic nitrogens is 3. The fourth-order valence-corrected chi connectivity index (χ4v) is 1.42. The fourth-order valence-electron chi connectivity index (χ4n) is 1.42. The van der Waals surface area contributed by atoms with Gasteiger partial charge in [0.25, 0.3) is 11.4 Å². The number of H-pyrrole nitrogens is 1. The fraction of sp³-hybridized carbons (Fsp3) is 0.333. The van der Waals surface area contributed by atoms with Crippen molar-refractivity contribution < 1.29 is 9.50 Å². The third-order valence-electron chi connectivity index (χ3n) is 2.10. The van der Waals surface area contributed by atoms with Crippen molar-refractivity contribution in [3.05, 3.63) is 27.9 Å². The zero-order chi connectivity index (χ0) is 11.0. The summed E-state index contributed by atoms with van der Waals surface area (Å²) in [5.41, 5.74) is 0.0550. The van der Waals surface area contributed by atoms with Gasteiger partial charge in [-0.2, -0.15) is 14.0 Å². The van der Waals surface area contributed by atoms with E-state index in [9.17, 15) is 14.3 Å². The second-order valence-corrected chi connectivity index (χ2v) is 3.27. The monoisotopic (exact) mass is 211 g/mol. The first-order valence-electron chi connectivity index (χ1n) is 4.63. The molecule has 0 bridgehead atoms. The number of rotatable bonds is 2. The molecule has 0 radical (unpaired) electrons. The molecule has 6 heteroatoms. The molecule has 80 valence electrons. The third kappa shape index (κ3) is 1.47. The Hall–Kier alpha value is -1.85. The van der Waals surface area contributed by atoms with Gasteiger partial charge in [0.1, 0.15) is 5.65 Å². The summed E-state index contributed by atoms with van der Waals surface area (Å²) in [6, 6.07) is 1.62. The lowest BCUT2D eigenvalue weighted by molar-refractivity contribution is 0.390. The van der Waals surface area contributed by atoms with Gasteiger partial charge in [-0.05, 0) is 6.42 Å². The van der Waals surface area contributed by atoms with E-state index in [-0.39, 0.29) is 0 Å². The molecule has 0 unspecified atom stereocenters. The molecule has 0 aliphatic heterocycles. The SMILES string of the molecule is CCCc1cc2[nH]c(=O)c(F)c(O)n2n1. The largest absolute Gasteiger partial charge is 0.491 e. The summed E-state index contributed by atoms with van der Waals surface area (Å²) in [7, 11) is 0. The molecular weight excluding hydrogens is 201 g/mol. The highest BCUT2D eigenvalue weighted by Crippen LogP contribution is 2.13. The van der Waals surface area contributed by atoms with Gasteiger partial charge in [0, 0.05) is 6.07 Å². The number of nitrogens with one attached hydrogen (secondary N) is 1. The summed E-state index contributed by atoms with van der Waals surface area (Å²) in [6.07, 6.45) is 1.60. The number of aromatic hydroxyl groups is 1. The molecule has 15 heavy (non-hydrogen) atoms. The standard InChI is InChI=1S/C9H10FN3O2/c1-2-3-5-4-6-11-8(14)7(10)9(15)13(6)12-5/h4,15H,2-3H2,1H3,(H,11,14). The summed E-state index contributed by atoms with van der Waals surface area (Å²) < 4.78 is 14.0. The number of fused-ring (bicyclic) bond motifs is 1. The van der Waals surface area contributed by atoms with E-state index < -0.39 is 17.3 Å². The molecule has 0 saturated heterocycles. The molecule has 2 heterocycles. The van der Waals surface area contributed by atoms with E-state index in [1.807, 2.05) is 6.92 Å². The molecule has 2 aromatic rings. The maximum Gasteiger partial charge on any atom is 0.291 e. The van der Waals surface area contributed by atoms with Crippen LogP contribution in [0.1, 0.15) is 19.0 Å². The van der Waals surface area contributed by atoms with Gasteiger partial charge >= 0.3 is 0 Å². The molecule has 0 fully saturated rings. The predicted molar refractivity (Wildman–Crippen MR) is 51.4 cm³/mol. The van der Waals surface area contributed by atoms with E-state index in [1.165, 1.54) is 0 Å². The molecule has 0 amide bonds. The number of aryl methyl sites for hydroxylation is 1. The minimum absolute atomic E-state index is 0.294. The molecule has 2 rings (SSSR count). The molecule has 5 nitrogen and oxygen atoms in total. The highest BCUT2D eigenvalue weighted by molar-refractivity contribution is 5.41. The minimum Gasteiger partial charge on any atom is -0.491 e. The van der Waals surface area contributed by atoms with E-state index in [0.717, 1.165) is 10.9 Å². The Bertz CT molecular complexity index is 558. The lowest BCUT2D eigenvalue weighted by atomic mass is 10.2. The van der Waals surface area contributed by atoms with Gasteiger partial charge in [0.2, 0.25) is 5.82 Å². The van der Waals surface area contributed by atoms with Gasteiger partial charge in [0.15, 0.2) is 0 Å². The maximum absolute atomic E-state index is 13.0. The van der Waals surface area contributed by atoms with Gasteiger partial charge in [-0.25, -0.2) is 0 Å². The smallest absolute Gasteiger partial charge is 0.291 e. The van der Waals surface area contributed by atoms with Crippen molar-refractivity contribution in [1.29, 1.82) is 0 Å². The molecule has 0 aliphatic rings. The third-order valence-corrected chi connectivity index (χ3v) is 2.10. The number of aromatic amines is 1. The van der Waals surface area contributed by atoms with Crippen LogP contribution in [0.2, 0.25) is 0 Å². The molecule has 0 spiro atoms. The lowest BCUT2D eigenvalue weighted by Crippen LogP contribution is -2.13. The second kappa shape index (κ2) is 3.38. The lowest BCUT2D eigenvalue weighted by Gasteiger charge is -1.96. The first-order chi connectivity index (χ1) is 7.13. The van der Waals surface area contributed by atoms with Crippen LogP contribution in [0, 0.1) is 5.82 Å². The zero-order valence-electron chi connectivity index (χ0n) is 8.12. The van der Waals surface area contributed by atoms with E-state index in [4.69, 9.17) is 0 Å². The molecule has 0 aliphatic carbocycles. The maximum atomic E-state index is 13.0. The van der Waals surface area contributed by atoms with Crippen LogP contribution in [-0.2, 0) is 6.42 Å². The second-order valence-electron chi connectivity index (χ2n) is 3.27. The molecular formula is C9H10FN3O2. The van der Waals surface area contributed by atoms with Crippen molar-refractivity contribution in [2.45, 2.75) is 19.8 Å². The Kier molecular flexibility index (Phi) is 2.18. The first kappa shape index (κ1) is 9.70. The van der Waals surface area contributed by atoms with E-state index in [1.54, 1.807) is 6.07 Å². The van der Waals surface area contributed by atoms with Gasteiger partial charge < -0.3 is 10.1 Å². The Morgan fingerprint density at radius 1 is 1.67 bits per heavy atom. The summed E-state index contributed by atoms with van der Waals surface area (Å²) in [4.78, 5) is 13.3. The molecule has 0 aromatic carbocycles. The number of halogens is 1.